The Bertz CT molecular complexity index is 1330. The lowest BCUT2D eigenvalue weighted by atomic mass is 10.1. The first-order chi connectivity index (χ1) is 15.3. The zero-order valence-corrected chi connectivity index (χ0v) is 19.4. The number of hydrogen-bond acceptors (Lipinski definition) is 4. The van der Waals surface area contributed by atoms with Crippen molar-refractivity contribution in [2.75, 3.05) is 0 Å². The molecule has 1 fully saturated rings. The molecule has 1 aliphatic rings. The maximum atomic E-state index is 13.0. The van der Waals surface area contributed by atoms with E-state index >= 15 is 0 Å². The Kier molecular flexibility index (Phi) is 5.96. The van der Waals surface area contributed by atoms with E-state index in [1.165, 1.54) is 4.90 Å². The van der Waals surface area contributed by atoms with E-state index < -0.39 is 0 Å². The van der Waals surface area contributed by atoms with E-state index in [0.29, 0.717) is 21.1 Å². The minimum absolute atomic E-state index is 0.0759. The van der Waals surface area contributed by atoms with Gasteiger partial charge in [-0.25, -0.2) is 0 Å². The maximum absolute atomic E-state index is 13.0. The van der Waals surface area contributed by atoms with Crippen LogP contribution in [0.5, 0.6) is 0 Å². The van der Waals surface area contributed by atoms with E-state index in [-0.39, 0.29) is 17.7 Å². The number of rotatable bonds is 4. The van der Waals surface area contributed by atoms with Gasteiger partial charge in [-0.1, -0.05) is 35.9 Å². The molecule has 0 aliphatic carbocycles. The summed E-state index contributed by atoms with van der Waals surface area (Å²) in [6, 6.07) is 16.9. The lowest BCUT2D eigenvalue weighted by Gasteiger charge is -2.14. The van der Waals surface area contributed by atoms with Crippen LogP contribution in [0.15, 0.2) is 53.4 Å². The lowest BCUT2D eigenvalue weighted by molar-refractivity contribution is -0.123. The largest absolute Gasteiger partial charge is 0.318 e. The molecule has 0 unspecified atom stereocenters. The second-order valence-electron chi connectivity index (χ2n) is 7.58. The van der Waals surface area contributed by atoms with Crippen LogP contribution >= 0.6 is 23.4 Å². The van der Waals surface area contributed by atoms with Crippen LogP contribution in [0, 0.1) is 32.1 Å². The van der Waals surface area contributed by atoms with Gasteiger partial charge in [0.1, 0.15) is 0 Å². The first-order valence-corrected chi connectivity index (χ1v) is 11.2. The molecule has 0 saturated carbocycles. The van der Waals surface area contributed by atoms with Gasteiger partial charge in [0.25, 0.3) is 11.1 Å². The fraction of sp³-hybridized carbons (Fsp3) is 0.160. The number of thioether (sulfide) groups is 1. The third-order valence-electron chi connectivity index (χ3n) is 5.58. The highest BCUT2D eigenvalue weighted by Gasteiger charge is 2.35. The van der Waals surface area contributed by atoms with E-state index in [9.17, 15) is 14.9 Å². The summed E-state index contributed by atoms with van der Waals surface area (Å²) in [5, 5.41) is 9.65. The van der Waals surface area contributed by atoms with Crippen molar-refractivity contribution in [3.05, 3.63) is 92.1 Å². The molecular formula is C25H20ClN3O2S. The summed E-state index contributed by atoms with van der Waals surface area (Å²) in [6.07, 6.45) is 1.76. The van der Waals surface area contributed by atoms with Crippen molar-refractivity contribution in [1.82, 2.24) is 9.47 Å². The topological polar surface area (TPSA) is 66.1 Å². The van der Waals surface area contributed by atoms with E-state index in [2.05, 4.69) is 10.6 Å². The summed E-state index contributed by atoms with van der Waals surface area (Å²) in [4.78, 5) is 27.1. The molecule has 7 heteroatoms. The third kappa shape index (κ3) is 3.86. The van der Waals surface area contributed by atoms with Gasteiger partial charge in [-0.2, -0.15) is 5.26 Å². The predicted octanol–water partition coefficient (Wildman–Crippen LogP) is 6.16. The van der Waals surface area contributed by atoms with Crippen molar-refractivity contribution in [3.8, 4) is 11.8 Å². The molecule has 0 N–H and O–H groups in total. The monoisotopic (exact) mass is 461 g/mol. The molecule has 0 radical (unpaired) electrons. The summed E-state index contributed by atoms with van der Waals surface area (Å²) in [6.45, 7) is 6.02. The van der Waals surface area contributed by atoms with Crippen LogP contribution in [0.4, 0.5) is 4.79 Å². The summed E-state index contributed by atoms with van der Waals surface area (Å²) < 4.78 is 2.10. The second kappa shape index (κ2) is 8.70. The van der Waals surface area contributed by atoms with E-state index in [1.54, 1.807) is 30.3 Å². The van der Waals surface area contributed by atoms with Gasteiger partial charge in [-0.15, -0.1) is 0 Å². The molecule has 2 heterocycles. The predicted molar refractivity (Wildman–Crippen MR) is 128 cm³/mol. The molecule has 1 saturated heterocycles. The number of hydrogen-bond donors (Lipinski definition) is 0. The summed E-state index contributed by atoms with van der Waals surface area (Å²) in [5.74, 6) is -0.350. The zero-order valence-electron chi connectivity index (χ0n) is 17.8. The van der Waals surface area contributed by atoms with Gasteiger partial charge in [0.2, 0.25) is 0 Å². The van der Waals surface area contributed by atoms with Gasteiger partial charge >= 0.3 is 0 Å². The number of aryl methyl sites for hydroxylation is 1. The number of benzene rings is 2. The van der Waals surface area contributed by atoms with E-state index in [1.807, 2.05) is 45.0 Å². The molecule has 0 spiro atoms. The molecule has 5 nitrogen and oxygen atoms in total. The normalized spacial score (nSPS) is 15.0. The number of imide groups is 1. The van der Waals surface area contributed by atoms with Crippen molar-refractivity contribution < 1.29 is 9.59 Å². The fourth-order valence-electron chi connectivity index (χ4n) is 3.86. The van der Waals surface area contributed by atoms with Gasteiger partial charge in [0.15, 0.2) is 0 Å². The fourth-order valence-corrected chi connectivity index (χ4v) is 4.86. The lowest BCUT2D eigenvalue weighted by Crippen LogP contribution is -2.27. The van der Waals surface area contributed by atoms with E-state index in [0.717, 1.165) is 40.0 Å². The molecule has 0 atom stereocenters. The molecule has 4 rings (SSSR count). The highest BCUT2D eigenvalue weighted by atomic mass is 35.5. The molecule has 1 aromatic heterocycles. The van der Waals surface area contributed by atoms with Crippen molar-refractivity contribution >= 4 is 40.6 Å². The Balaban J connectivity index is 1.67. The number of carbonyl (C=O) groups excluding carboxylic acids is 2. The van der Waals surface area contributed by atoms with Crippen LogP contribution in [0.1, 0.15) is 33.6 Å². The standard InChI is InChI=1S/C25H20ClN3O2S/c1-15-11-20(17(3)29(15)22-10-6-9-21(26)16(22)2)12-23-24(30)28(25(31)32-23)14-19-8-5-4-7-18(19)13-27/h4-12H,14H2,1-3H3/b23-12+. The van der Waals surface area contributed by atoms with Gasteiger partial charge in [0, 0.05) is 22.1 Å². The minimum atomic E-state index is -0.350. The first-order valence-electron chi connectivity index (χ1n) is 9.99. The molecule has 2 aromatic carbocycles. The van der Waals surface area contributed by atoms with Crippen molar-refractivity contribution in [3.63, 3.8) is 0 Å². The average Bonchev–Trinajstić information content (AvgIpc) is 3.20. The molecule has 2 amide bonds. The molecule has 0 bridgehead atoms. The van der Waals surface area contributed by atoms with Crippen molar-refractivity contribution in [1.29, 1.82) is 5.26 Å². The SMILES string of the molecule is Cc1c(Cl)cccc1-n1c(C)cc(/C=C2/SC(=O)N(Cc3ccccc3C#N)C2=O)c1C. The maximum Gasteiger partial charge on any atom is 0.293 e. The average molecular weight is 462 g/mol. The Morgan fingerprint density at radius 1 is 1.09 bits per heavy atom. The molecule has 32 heavy (non-hydrogen) atoms. The summed E-state index contributed by atoms with van der Waals surface area (Å²) >= 11 is 7.24. The third-order valence-corrected chi connectivity index (χ3v) is 6.89. The molecule has 1 aliphatic heterocycles. The van der Waals surface area contributed by atoms with Crippen molar-refractivity contribution in [2.45, 2.75) is 27.3 Å². The highest BCUT2D eigenvalue weighted by molar-refractivity contribution is 8.18. The number of halogens is 1. The molecule has 160 valence electrons. The van der Waals surface area contributed by atoms with Crippen LogP contribution in [-0.4, -0.2) is 20.6 Å². The van der Waals surface area contributed by atoms with Gasteiger partial charge in [-0.3, -0.25) is 14.5 Å². The highest BCUT2D eigenvalue weighted by Crippen LogP contribution is 2.35. The van der Waals surface area contributed by atoms with Crippen LogP contribution in [0.25, 0.3) is 11.8 Å². The molecular weight excluding hydrogens is 442 g/mol. The minimum Gasteiger partial charge on any atom is -0.318 e. The van der Waals surface area contributed by atoms with Crippen LogP contribution in [-0.2, 0) is 11.3 Å². The summed E-state index contributed by atoms with van der Waals surface area (Å²) in [7, 11) is 0. The zero-order chi connectivity index (χ0) is 23.0. The Labute approximate surface area is 195 Å². The number of nitrogens with zero attached hydrogens (tertiary/aromatic N) is 3. The van der Waals surface area contributed by atoms with Crippen LogP contribution < -0.4 is 0 Å². The number of aromatic nitrogens is 1. The Morgan fingerprint density at radius 3 is 2.59 bits per heavy atom. The Morgan fingerprint density at radius 2 is 1.84 bits per heavy atom. The van der Waals surface area contributed by atoms with Gasteiger partial charge < -0.3 is 4.57 Å². The second-order valence-corrected chi connectivity index (χ2v) is 8.98. The summed E-state index contributed by atoms with van der Waals surface area (Å²) in [5.41, 5.74) is 5.87. The number of amides is 2. The Hall–Kier alpha value is -3.27. The quantitative estimate of drug-likeness (QED) is 0.436. The van der Waals surface area contributed by atoms with Crippen molar-refractivity contribution in [2.24, 2.45) is 0 Å². The number of nitriles is 1. The van der Waals surface area contributed by atoms with Crippen LogP contribution in [0.2, 0.25) is 5.02 Å². The smallest absolute Gasteiger partial charge is 0.293 e. The molecule has 3 aromatic rings. The first kappa shape index (κ1) is 21.9. The number of carbonyl (C=O) groups is 2. The van der Waals surface area contributed by atoms with Crippen LogP contribution in [0.3, 0.4) is 0 Å². The van der Waals surface area contributed by atoms with Gasteiger partial charge in [0.05, 0.1) is 23.1 Å². The van der Waals surface area contributed by atoms with Gasteiger partial charge in [-0.05, 0) is 79.6 Å². The van der Waals surface area contributed by atoms with E-state index in [4.69, 9.17) is 11.6 Å².